The molecule has 0 atom stereocenters. The first-order valence-corrected chi connectivity index (χ1v) is 8.20. The first-order chi connectivity index (χ1) is 8.65. The third-order valence-electron chi connectivity index (χ3n) is 2.86. The van der Waals surface area contributed by atoms with Gasteiger partial charge in [0.05, 0.1) is 6.61 Å². The summed E-state index contributed by atoms with van der Waals surface area (Å²) in [6, 6.07) is 0. The largest absolute Gasteiger partial charge is 0.457 e. The van der Waals surface area contributed by atoms with Crippen LogP contribution in [0.15, 0.2) is 4.34 Å². The molecular formula is C11H13Cl2NO2S2. The summed E-state index contributed by atoms with van der Waals surface area (Å²) >= 11 is 13.6. The Bertz CT molecular complexity index is 400. The molecule has 1 heterocycles. The van der Waals surface area contributed by atoms with Crippen LogP contribution in [0.1, 0.15) is 32.1 Å². The lowest BCUT2D eigenvalue weighted by Crippen LogP contribution is -2.14. The molecule has 18 heavy (non-hydrogen) atoms. The minimum atomic E-state index is -0.331. The smallest absolute Gasteiger partial charge is 0.374 e. The molecule has 1 saturated carbocycles. The van der Waals surface area contributed by atoms with E-state index in [0.29, 0.717) is 21.2 Å². The highest BCUT2D eigenvalue weighted by molar-refractivity contribution is 8.14. The average Bonchev–Trinajstić information content (AvgIpc) is 2.67. The second-order valence-corrected chi connectivity index (χ2v) is 7.35. The van der Waals surface area contributed by atoms with Crippen LogP contribution >= 0.6 is 46.3 Å². The lowest BCUT2D eigenvalue weighted by atomic mass is 9.90. The van der Waals surface area contributed by atoms with Gasteiger partial charge in [-0.05, 0) is 18.8 Å². The zero-order valence-electron chi connectivity index (χ0n) is 9.66. The number of nitrogens with zero attached hydrogens (tertiary/aromatic N) is 1. The molecule has 0 saturated heterocycles. The number of thiazole rings is 1. The maximum Gasteiger partial charge on any atom is 0.374 e. The van der Waals surface area contributed by atoms with Gasteiger partial charge >= 0.3 is 5.30 Å². The Balaban J connectivity index is 1.74. The molecule has 1 aliphatic rings. The fraction of sp³-hybridized carbons (Fsp3) is 0.636. The number of carbonyl (C=O) groups excluding carboxylic acids is 1. The highest BCUT2D eigenvalue weighted by atomic mass is 35.5. The van der Waals surface area contributed by atoms with Crippen molar-refractivity contribution in [3.8, 4) is 0 Å². The van der Waals surface area contributed by atoms with E-state index in [-0.39, 0.29) is 10.5 Å². The summed E-state index contributed by atoms with van der Waals surface area (Å²) in [5.41, 5.74) is 0. The maximum atomic E-state index is 11.6. The maximum absolute atomic E-state index is 11.6. The van der Waals surface area contributed by atoms with Crippen molar-refractivity contribution in [3.05, 3.63) is 9.49 Å². The molecule has 0 aliphatic heterocycles. The zero-order valence-corrected chi connectivity index (χ0v) is 12.8. The Kier molecular flexibility index (Phi) is 5.60. The van der Waals surface area contributed by atoms with Gasteiger partial charge in [-0.3, -0.25) is 0 Å². The fourth-order valence-electron chi connectivity index (χ4n) is 1.95. The van der Waals surface area contributed by atoms with E-state index in [2.05, 4.69) is 4.98 Å². The summed E-state index contributed by atoms with van der Waals surface area (Å²) in [7, 11) is 0. The van der Waals surface area contributed by atoms with Gasteiger partial charge in [-0.2, -0.15) is 0 Å². The Labute approximate surface area is 124 Å². The van der Waals surface area contributed by atoms with Crippen molar-refractivity contribution in [1.29, 1.82) is 0 Å². The molecular weight excluding hydrogens is 313 g/mol. The van der Waals surface area contributed by atoms with Crippen molar-refractivity contribution in [3.63, 3.8) is 0 Å². The summed E-state index contributed by atoms with van der Waals surface area (Å²) in [5.74, 6) is 0.520. The summed E-state index contributed by atoms with van der Waals surface area (Å²) < 4.78 is 6.17. The van der Waals surface area contributed by atoms with E-state index in [1.807, 2.05) is 0 Å². The van der Waals surface area contributed by atoms with E-state index in [1.165, 1.54) is 30.6 Å². The van der Waals surface area contributed by atoms with Gasteiger partial charge in [0.1, 0.15) is 4.34 Å². The van der Waals surface area contributed by atoms with Crippen molar-refractivity contribution in [2.45, 2.75) is 36.4 Å². The van der Waals surface area contributed by atoms with Crippen LogP contribution in [0.5, 0.6) is 0 Å². The topological polar surface area (TPSA) is 39.2 Å². The Morgan fingerprint density at radius 1 is 1.39 bits per heavy atom. The second kappa shape index (κ2) is 6.98. The quantitative estimate of drug-likeness (QED) is 0.561. The molecule has 7 heteroatoms. The van der Waals surface area contributed by atoms with Gasteiger partial charge in [0, 0.05) is 11.8 Å². The molecule has 0 unspecified atom stereocenters. The Morgan fingerprint density at radius 2 is 2.11 bits per heavy atom. The van der Waals surface area contributed by atoms with E-state index in [4.69, 9.17) is 27.9 Å². The van der Waals surface area contributed by atoms with Gasteiger partial charge in [0.25, 0.3) is 0 Å². The number of ether oxygens (including phenoxy) is 1. The zero-order chi connectivity index (χ0) is 13.0. The summed E-state index contributed by atoms with van der Waals surface area (Å²) in [6.45, 7) is 0.513. The summed E-state index contributed by atoms with van der Waals surface area (Å²) in [6.07, 6.45) is 6.11. The van der Waals surface area contributed by atoms with Gasteiger partial charge in [-0.1, -0.05) is 53.8 Å². The van der Waals surface area contributed by atoms with Gasteiger partial charge in [0.2, 0.25) is 0 Å². The molecule has 0 radical (unpaired) electrons. The lowest BCUT2D eigenvalue weighted by molar-refractivity contribution is 0.139. The Hall–Kier alpha value is 0.0300. The van der Waals surface area contributed by atoms with Crippen LogP contribution in [0.25, 0.3) is 0 Å². The molecule has 1 aromatic rings. The van der Waals surface area contributed by atoms with Crippen LogP contribution in [0.2, 0.25) is 9.49 Å². The van der Waals surface area contributed by atoms with Crippen molar-refractivity contribution in [2.75, 3.05) is 6.61 Å². The van der Waals surface area contributed by atoms with Gasteiger partial charge in [-0.15, -0.1) is 0 Å². The molecule has 100 valence electrons. The molecule has 0 N–H and O–H groups in total. The predicted octanol–water partition coefficient (Wildman–Crippen LogP) is 5.26. The molecule has 1 fully saturated rings. The monoisotopic (exact) mass is 325 g/mol. The van der Waals surface area contributed by atoms with E-state index in [9.17, 15) is 4.79 Å². The van der Waals surface area contributed by atoms with Crippen molar-refractivity contribution in [2.24, 2.45) is 5.92 Å². The first-order valence-electron chi connectivity index (χ1n) is 5.81. The van der Waals surface area contributed by atoms with E-state index in [0.717, 1.165) is 24.6 Å². The molecule has 0 amide bonds. The number of aromatic nitrogens is 1. The van der Waals surface area contributed by atoms with Gasteiger partial charge in [0.15, 0.2) is 9.49 Å². The summed E-state index contributed by atoms with van der Waals surface area (Å²) in [4.78, 5) is 15.6. The third kappa shape index (κ3) is 4.30. The minimum Gasteiger partial charge on any atom is -0.457 e. The predicted molar refractivity (Wildman–Crippen MR) is 75.9 cm³/mol. The molecule has 3 nitrogen and oxygen atoms in total. The van der Waals surface area contributed by atoms with Crippen LogP contribution in [0, 0.1) is 5.92 Å². The van der Waals surface area contributed by atoms with Crippen molar-refractivity contribution < 1.29 is 9.53 Å². The van der Waals surface area contributed by atoms with Crippen molar-refractivity contribution in [1.82, 2.24) is 4.98 Å². The number of thioether (sulfide) groups is 1. The van der Waals surface area contributed by atoms with Gasteiger partial charge < -0.3 is 4.74 Å². The number of rotatable bonds is 3. The van der Waals surface area contributed by atoms with Gasteiger partial charge in [-0.25, -0.2) is 9.78 Å². The fourth-order valence-corrected chi connectivity index (χ4v) is 4.10. The van der Waals surface area contributed by atoms with E-state index < -0.39 is 0 Å². The molecule has 0 spiro atoms. The van der Waals surface area contributed by atoms with Crippen molar-refractivity contribution >= 4 is 51.6 Å². The SMILES string of the molecule is O=C(OCC1CCCCC1)Sc1nc(Cl)c(Cl)s1. The van der Waals surface area contributed by atoms with Crippen LogP contribution in [0.3, 0.4) is 0 Å². The first kappa shape index (κ1) is 14.4. The molecule has 1 aromatic heterocycles. The van der Waals surface area contributed by atoms with Crippen LogP contribution in [-0.2, 0) is 4.74 Å². The number of carbonyl (C=O) groups is 1. The highest BCUT2D eigenvalue weighted by Gasteiger charge is 2.17. The van der Waals surface area contributed by atoms with Crippen LogP contribution < -0.4 is 0 Å². The number of hydrogen-bond donors (Lipinski definition) is 0. The highest BCUT2D eigenvalue weighted by Crippen LogP contribution is 2.34. The second-order valence-electron chi connectivity index (χ2n) is 4.21. The van der Waals surface area contributed by atoms with E-state index in [1.54, 1.807) is 0 Å². The van der Waals surface area contributed by atoms with Crippen LogP contribution in [-0.4, -0.2) is 16.9 Å². The molecule has 1 aliphatic carbocycles. The Morgan fingerprint density at radius 3 is 2.72 bits per heavy atom. The lowest BCUT2D eigenvalue weighted by Gasteiger charge is -2.20. The molecule has 0 aromatic carbocycles. The van der Waals surface area contributed by atoms with Crippen LogP contribution in [0.4, 0.5) is 4.79 Å². The normalized spacial score (nSPS) is 16.8. The average molecular weight is 326 g/mol. The minimum absolute atomic E-state index is 0.240. The third-order valence-corrected chi connectivity index (χ3v) is 5.44. The number of halogens is 2. The molecule has 2 rings (SSSR count). The number of hydrogen-bond acceptors (Lipinski definition) is 5. The summed E-state index contributed by atoms with van der Waals surface area (Å²) in [5, 5.41) is -0.0908. The standard InChI is InChI=1S/C11H13Cl2NO2S2/c12-8-9(13)17-10(14-8)18-11(15)16-6-7-4-2-1-3-5-7/h7H,1-6H2. The van der Waals surface area contributed by atoms with E-state index >= 15 is 0 Å². The molecule has 0 bridgehead atoms.